The number of anilines is 1. The molecule has 0 radical (unpaired) electrons. The molecule has 1 heterocycles. The largest absolute Gasteiger partial charge is 0.458 e. The molecule has 140 valence electrons. The van der Waals surface area contributed by atoms with Gasteiger partial charge in [0, 0.05) is 24.1 Å². The van der Waals surface area contributed by atoms with Crippen molar-refractivity contribution in [2.24, 2.45) is 17.8 Å². The summed E-state index contributed by atoms with van der Waals surface area (Å²) in [5.41, 5.74) is 0.431. The third kappa shape index (κ3) is 2.66. The van der Waals surface area contributed by atoms with Crippen molar-refractivity contribution in [2.45, 2.75) is 36.9 Å². The highest BCUT2D eigenvalue weighted by molar-refractivity contribution is 7.85. The van der Waals surface area contributed by atoms with E-state index in [0.29, 0.717) is 18.7 Å². The van der Waals surface area contributed by atoms with Crippen LogP contribution in [0.2, 0.25) is 0 Å². The minimum Gasteiger partial charge on any atom is -0.458 e. The minimum absolute atomic E-state index is 0.0191. The summed E-state index contributed by atoms with van der Waals surface area (Å²) in [6.45, 7) is 2.35. The molecule has 5 atom stereocenters. The second kappa shape index (κ2) is 5.95. The maximum atomic E-state index is 12.7. The number of hydrogen-bond acceptors (Lipinski definition) is 7. The van der Waals surface area contributed by atoms with Crippen molar-refractivity contribution < 1.29 is 32.0 Å². The molecule has 0 amide bonds. The highest BCUT2D eigenvalue weighted by Gasteiger charge is 2.63. The van der Waals surface area contributed by atoms with Gasteiger partial charge in [-0.2, -0.15) is 8.42 Å². The van der Waals surface area contributed by atoms with Gasteiger partial charge in [0.2, 0.25) is 0 Å². The Kier molecular flexibility index (Phi) is 3.96. The smallest absolute Gasteiger partial charge is 0.340 e. The molecule has 0 spiro atoms. The Bertz CT molecular complexity index is 881. The summed E-state index contributed by atoms with van der Waals surface area (Å²) in [4.78, 5) is 24.2. The molecule has 0 aromatic heterocycles. The molecule has 9 heteroatoms. The van der Waals surface area contributed by atoms with Crippen LogP contribution in [0, 0.1) is 17.8 Å². The minimum atomic E-state index is -4.45. The Morgan fingerprint density at radius 3 is 2.85 bits per heavy atom. The van der Waals surface area contributed by atoms with Crippen LogP contribution in [0.3, 0.4) is 0 Å². The van der Waals surface area contributed by atoms with Gasteiger partial charge in [0.05, 0.1) is 16.4 Å². The molecule has 3 aliphatic rings. The second-order valence-electron chi connectivity index (χ2n) is 6.99. The molecule has 4 rings (SSSR count). The third-order valence-electron chi connectivity index (χ3n) is 5.53. The van der Waals surface area contributed by atoms with Crippen molar-refractivity contribution in [2.75, 3.05) is 11.9 Å². The van der Waals surface area contributed by atoms with E-state index in [-0.39, 0.29) is 34.2 Å². The lowest BCUT2D eigenvalue weighted by molar-refractivity contribution is -0.146. The predicted molar refractivity (Wildman–Crippen MR) is 89.2 cm³/mol. The molecule has 2 bridgehead atoms. The maximum absolute atomic E-state index is 12.7. The SMILES string of the molecule is CCNc1ccc(S(=O)(=O)O)cc1C(=O)OC1C2CC3C(=O)OC1C3C2. The average molecular weight is 381 g/mol. The van der Waals surface area contributed by atoms with Crippen LogP contribution < -0.4 is 5.32 Å². The van der Waals surface area contributed by atoms with Crippen LogP contribution in [0.5, 0.6) is 0 Å². The lowest BCUT2D eigenvalue weighted by atomic mass is 9.88. The van der Waals surface area contributed by atoms with E-state index in [2.05, 4.69) is 5.32 Å². The number of fused-ring (bicyclic) bond motifs is 1. The molecule has 26 heavy (non-hydrogen) atoms. The Labute approximate surface area is 150 Å². The summed E-state index contributed by atoms with van der Waals surface area (Å²) in [6.07, 6.45) is 0.523. The van der Waals surface area contributed by atoms with Gasteiger partial charge in [-0.3, -0.25) is 9.35 Å². The van der Waals surface area contributed by atoms with Crippen LogP contribution in [0.25, 0.3) is 0 Å². The molecular weight excluding hydrogens is 362 g/mol. The lowest BCUT2D eigenvalue weighted by Gasteiger charge is -2.25. The molecule has 1 aromatic rings. The molecule has 3 fully saturated rings. The number of carbonyl (C=O) groups excluding carboxylic acids is 2. The van der Waals surface area contributed by atoms with Crippen LogP contribution in [0.4, 0.5) is 5.69 Å². The van der Waals surface area contributed by atoms with Crippen molar-refractivity contribution >= 4 is 27.7 Å². The first-order valence-corrected chi connectivity index (χ1v) is 10.0. The summed E-state index contributed by atoms with van der Waals surface area (Å²) in [5.74, 6) is -0.827. The normalized spacial score (nSPS) is 31.8. The molecule has 2 saturated carbocycles. The quantitative estimate of drug-likeness (QED) is 0.581. The highest BCUT2D eigenvalue weighted by atomic mass is 32.2. The molecule has 8 nitrogen and oxygen atoms in total. The van der Waals surface area contributed by atoms with Crippen molar-refractivity contribution in [3.63, 3.8) is 0 Å². The number of ether oxygens (including phenoxy) is 2. The fourth-order valence-electron chi connectivity index (χ4n) is 4.45. The van der Waals surface area contributed by atoms with Crippen molar-refractivity contribution in [1.29, 1.82) is 0 Å². The first-order chi connectivity index (χ1) is 12.3. The van der Waals surface area contributed by atoms with Gasteiger partial charge in [-0.25, -0.2) is 4.79 Å². The van der Waals surface area contributed by atoms with E-state index in [0.717, 1.165) is 12.5 Å². The van der Waals surface area contributed by atoms with Gasteiger partial charge >= 0.3 is 11.9 Å². The number of hydrogen-bond donors (Lipinski definition) is 2. The molecule has 2 aliphatic carbocycles. The standard InChI is InChI=1S/C17H19NO7S/c1-2-18-13-4-3-9(26(21,22)23)7-12(13)17(20)24-14-8-5-10-11(6-8)16(19)25-15(10)14/h3-4,7-8,10-11,14-15,18H,2,5-6H2,1H3,(H,21,22,23). The molecular formula is C17H19NO7S. The molecule has 1 aromatic carbocycles. The van der Waals surface area contributed by atoms with Gasteiger partial charge < -0.3 is 14.8 Å². The van der Waals surface area contributed by atoms with Gasteiger partial charge in [-0.1, -0.05) is 0 Å². The Morgan fingerprint density at radius 1 is 1.38 bits per heavy atom. The van der Waals surface area contributed by atoms with E-state index in [1.807, 2.05) is 6.92 Å². The fourth-order valence-corrected chi connectivity index (χ4v) is 4.96. The van der Waals surface area contributed by atoms with E-state index >= 15 is 0 Å². The van der Waals surface area contributed by atoms with Crippen LogP contribution in [-0.4, -0.2) is 43.7 Å². The number of esters is 2. The van der Waals surface area contributed by atoms with E-state index in [1.54, 1.807) is 0 Å². The highest BCUT2D eigenvalue weighted by Crippen LogP contribution is 2.55. The summed E-state index contributed by atoms with van der Waals surface area (Å²) in [6, 6.07) is 3.72. The zero-order valence-electron chi connectivity index (χ0n) is 14.0. The van der Waals surface area contributed by atoms with Crippen molar-refractivity contribution in [3.05, 3.63) is 23.8 Å². The second-order valence-corrected chi connectivity index (χ2v) is 8.41. The number of nitrogens with one attached hydrogen (secondary N) is 1. The van der Waals surface area contributed by atoms with Gasteiger partial charge in [-0.05, 0) is 38.0 Å². The third-order valence-corrected chi connectivity index (χ3v) is 6.38. The summed E-state index contributed by atoms with van der Waals surface area (Å²) in [7, 11) is -4.45. The number of carbonyl (C=O) groups is 2. The van der Waals surface area contributed by atoms with Gasteiger partial charge in [0.25, 0.3) is 10.1 Å². The average Bonchev–Trinajstić information content (AvgIpc) is 3.19. The Morgan fingerprint density at radius 2 is 2.15 bits per heavy atom. The zero-order valence-corrected chi connectivity index (χ0v) is 14.9. The fraction of sp³-hybridized carbons (Fsp3) is 0.529. The van der Waals surface area contributed by atoms with Crippen LogP contribution in [-0.2, 0) is 24.4 Å². The Balaban J connectivity index is 1.61. The van der Waals surface area contributed by atoms with Gasteiger partial charge in [0.1, 0.15) is 12.2 Å². The molecule has 2 N–H and O–H groups in total. The van der Waals surface area contributed by atoms with E-state index in [9.17, 15) is 22.6 Å². The lowest BCUT2D eigenvalue weighted by Crippen LogP contribution is -2.36. The van der Waals surface area contributed by atoms with E-state index in [1.165, 1.54) is 12.1 Å². The molecule has 1 saturated heterocycles. The van der Waals surface area contributed by atoms with Crippen LogP contribution in [0.1, 0.15) is 30.1 Å². The summed E-state index contributed by atoms with van der Waals surface area (Å²) in [5, 5.41) is 2.97. The first-order valence-electron chi connectivity index (χ1n) is 8.56. The summed E-state index contributed by atoms with van der Waals surface area (Å²) >= 11 is 0. The van der Waals surface area contributed by atoms with Crippen molar-refractivity contribution in [1.82, 2.24) is 0 Å². The number of benzene rings is 1. The van der Waals surface area contributed by atoms with Gasteiger partial charge in [-0.15, -0.1) is 0 Å². The monoisotopic (exact) mass is 381 g/mol. The summed E-state index contributed by atoms with van der Waals surface area (Å²) < 4.78 is 43.0. The van der Waals surface area contributed by atoms with Crippen molar-refractivity contribution in [3.8, 4) is 0 Å². The number of rotatable bonds is 5. The Hall–Kier alpha value is -2.13. The first kappa shape index (κ1) is 17.3. The van der Waals surface area contributed by atoms with Crippen LogP contribution in [0.15, 0.2) is 23.1 Å². The van der Waals surface area contributed by atoms with Crippen LogP contribution >= 0.6 is 0 Å². The van der Waals surface area contributed by atoms with E-state index < -0.39 is 28.3 Å². The van der Waals surface area contributed by atoms with Gasteiger partial charge in [0.15, 0.2) is 0 Å². The predicted octanol–water partition coefficient (Wildman–Crippen LogP) is 1.47. The topological polar surface area (TPSA) is 119 Å². The molecule has 5 unspecified atom stereocenters. The van der Waals surface area contributed by atoms with E-state index in [4.69, 9.17) is 9.47 Å². The molecule has 1 aliphatic heterocycles. The zero-order chi connectivity index (χ0) is 18.6. The maximum Gasteiger partial charge on any atom is 0.340 e.